The Balaban J connectivity index is 1.72. The number of nitro benzene ring substituents is 1. The number of rotatable bonds is 5. The molecule has 8 heteroatoms. The van der Waals surface area contributed by atoms with Gasteiger partial charge in [0.2, 0.25) is 5.13 Å². The van der Waals surface area contributed by atoms with E-state index in [1.165, 1.54) is 23.5 Å². The summed E-state index contributed by atoms with van der Waals surface area (Å²) in [5.41, 5.74) is 6.31. The number of non-ortho nitro benzene ring substituents is 1. The number of benzene rings is 2. The van der Waals surface area contributed by atoms with E-state index >= 15 is 0 Å². The highest BCUT2D eigenvalue weighted by Gasteiger charge is 2.08. The van der Waals surface area contributed by atoms with Crippen molar-refractivity contribution < 1.29 is 4.92 Å². The van der Waals surface area contributed by atoms with Crippen molar-refractivity contribution in [2.75, 3.05) is 5.43 Å². The van der Waals surface area contributed by atoms with E-state index in [1.54, 1.807) is 12.1 Å². The van der Waals surface area contributed by atoms with Gasteiger partial charge in [-0.2, -0.15) is 5.10 Å². The van der Waals surface area contributed by atoms with E-state index in [4.69, 9.17) is 11.6 Å². The minimum Gasteiger partial charge on any atom is -0.258 e. The molecule has 0 aliphatic carbocycles. The first kappa shape index (κ1) is 17.1. The molecule has 0 amide bonds. The summed E-state index contributed by atoms with van der Waals surface area (Å²) in [6, 6.07) is 13.7. The summed E-state index contributed by atoms with van der Waals surface area (Å²) in [7, 11) is 0. The van der Waals surface area contributed by atoms with Crippen LogP contribution in [0.25, 0.3) is 11.3 Å². The highest BCUT2D eigenvalue weighted by molar-refractivity contribution is 7.14. The molecule has 0 radical (unpaired) electrons. The van der Waals surface area contributed by atoms with E-state index in [0.29, 0.717) is 10.2 Å². The molecule has 2 aromatic carbocycles. The summed E-state index contributed by atoms with van der Waals surface area (Å²) in [6.45, 7) is 1.89. The number of hydrogen-bond acceptors (Lipinski definition) is 6. The molecule has 3 aromatic rings. The summed E-state index contributed by atoms with van der Waals surface area (Å²) in [4.78, 5) is 14.7. The summed E-state index contributed by atoms with van der Waals surface area (Å²) >= 11 is 7.29. The number of hydrazone groups is 1. The molecule has 0 fully saturated rings. The van der Waals surface area contributed by atoms with Crippen LogP contribution in [0.15, 0.2) is 59.0 Å². The highest BCUT2D eigenvalue weighted by atomic mass is 35.5. The average Bonchev–Trinajstić information content (AvgIpc) is 3.09. The second kappa shape index (κ2) is 7.42. The third kappa shape index (κ3) is 4.20. The fraction of sp³-hybridized carbons (Fsp3) is 0.0588. The number of anilines is 1. The van der Waals surface area contributed by atoms with Crippen molar-refractivity contribution in [1.82, 2.24) is 4.98 Å². The van der Waals surface area contributed by atoms with Crippen LogP contribution in [0, 0.1) is 10.1 Å². The predicted molar refractivity (Wildman–Crippen MR) is 101 cm³/mol. The lowest BCUT2D eigenvalue weighted by Crippen LogP contribution is -1.99. The molecule has 0 unspecified atom stereocenters. The van der Waals surface area contributed by atoms with Crippen LogP contribution >= 0.6 is 22.9 Å². The lowest BCUT2D eigenvalue weighted by Gasteiger charge is -2.01. The molecule has 1 N–H and O–H groups in total. The Bertz CT molecular complexity index is 921. The first-order chi connectivity index (χ1) is 12.0. The fourth-order valence-electron chi connectivity index (χ4n) is 2.10. The van der Waals surface area contributed by atoms with Crippen LogP contribution in [0.4, 0.5) is 10.8 Å². The van der Waals surface area contributed by atoms with E-state index in [1.807, 2.05) is 36.6 Å². The molecule has 6 nitrogen and oxygen atoms in total. The second-order valence-corrected chi connectivity index (χ2v) is 6.45. The quantitative estimate of drug-likeness (QED) is 0.379. The van der Waals surface area contributed by atoms with Gasteiger partial charge in [0, 0.05) is 28.1 Å². The first-order valence-electron chi connectivity index (χ1n) is 7.29. The van der Waals surface area contributed by atoms with Gasteiger partial charge in [-0.05, 0) is 36.8 Å². The van der Waals surface area contributed by atoms with Crippen molar-refractivity contribution in [3.8, 4) is 11.3 Å². The smallest absolute Gasteiger partial charge is 0.258 e. The van der Waals surface area contributed by atoms with Gasteiger partial charge in [0.25, 0.3) is 5.69 Å². The maximum Gasteiger partial charge on any atom is 0.269 e. The predicted octanol–water partition coefficient (Wildman–Crippen LogP) is 5.21. The van der Waals surface area contributed by atoms with Gasteiger partial charge in [-0.25, -0.2) is 4.98 Å². The van der Waals surface area contributed by atoms with Crippen molar-refractivity contribution in [2.24, 2.45) is 5.10 Å². The van der Waals surface area contributed by atoms with E-state index in [-0.39, 0.29) is 5.69 Å². The molecule has 0 saturated carbocycles. The largest absolute Gasteiger partial charge is 0.269 e. The molecule has 25 heavy (non-hydrogen) atoms. The molecule has 0 spiro atoms. The maximum absolute atomic E-state index is 10.7. The lowest BCUT2D eigenvalue weighted by molar-refractivity contribution is -0.384. The van der Waals surface area contributed by atoms with Crippen LogP contribution in [-0.2, 0) is 0 Å². The maximum atomic E-state index is 10.7. The van der Waals surface area contributed by atoms with Crippen LogP contribution in [0.5, 0.6) is 0 Å². The summed E-state index contributed by atoms with van der Waals surface area (Å²) in [6.07, 6.45) is 0. The van der Waals surface area contributed by atoms with Gasteiger partial charge >= 0.3 is 0 Å². The number of halogens is 1. The van der Waals surface area contributed by atoms with E-state index in [2.05, 4.69) is 15.5 Å². The average molecular weight is 373 g/mol. The van der Waals surface area contributed by atoms with Gasteiger partial charge in [0.1, 0.15) is 0 Å². The van der Waals surface area contributed by atoms with E-state index in [9.17, 15) is 10.1 Å². The number of aromatic nitrogens is 1. The Kier molecular flexibility index (Phi) is 5.06. The Labute approximate surface area is 153 Å². The number of hydrogen-bond donors (Lipinski definition) is 1. The molecule has 0 bridgehead atoms. The summed E-state index contributed by atoms with van der Waals surface area (Å²) in [5.74, 6) is 0. The van der Waals surface area contributed by atoms with Gasteiger partial charge in [0.05, 0.1) is 16.3 Å². The molecule has 0 atom stereocenters. The van der Waals surface area contributed by atoms with Crippen molar-refractivity contribution in [1.29, 1.82) is 0 Å². The number of nitro groups is 1. The minimum atomic E-state index is -0.425. The van der Waals surface area contributed by atoms with Crippen molar-refractivity contribution in [3.63, 3.8) is 0 Å². The van der Waals surface area contributed by atoms with Crippen LogP contribution in [-0.4, -0.2) is 15.6 Å². The van der Waals surface area contributed by atoms with Crippen molar-refractivity contribution >= 4 is 39.5 Å². The molecule has 3 rings (SSSR count). The van der Waals surface area contributed by atoms with Crippen LogP contribution < -0.4 is 5.43 Å². The topological polar surface area (TPSA) is 80.4 Å². The SMILES string of the molecule is C/C(=N/Nc1nc(-c2ccc([N+](=O)[O-])cc2)cs1)c1ccc(Cl)cc1. The Morgan fingerprint density at radius 3 is 2.52 bits per heavy atom. The highest BCUT2D eigenvalue weighted by Crippen LogP contribution is 2.26. The van der Waals surface area contributed by atoms with Crippen molar-refractivity contribution in [2.45, 2.75) is 6.92 Å². The summed E-state index contributed by atoms with van der Waals surface area (Å²) < 4.78 is 0. The zero-order valence-electron chi connectivity index (χ0n) is 13.1. The third-order valence-electron chi connectivity index (χ3n) is 3.46. The molecule has 126 valence electrons. The van der Waals surface area contributed by atoms with Crippen molar-refractivity contribution in [3.05, 3.63) is 74.6 Å². The molecule has 0 aliphatic rings. The van der Waals surface area contributed by atoms with Gasteiger partial charge in [-0.15, -0.1) is 11.3 Å². The molecular weight excluding hydrogens is 360 g/mol. The van der Waals surface area contributed by atoms with Gasteiger partial charge in [0.15, 0.2) is 0 Å². The zero-order valence-corrected chi connectivity index (χ0v) is 14.7. The van der Waals surface area contributed by atoms with Crippen LogP contribution in [0.2, 0.25) is 5.02 Å². The van der Waals surface area contributed by atoms with Crippen LogP contribution in [0.3, 0.4) is 0 Å². The van der Waals surface area contributed by atoms with E-state index < -0.39 is 4.92 Å². The van der Waals surface area contributed by atoms with Gasteiger partial charge < -0.3 is 0 Å². The number of nitrogens with one attached hydrogen (secondary N) is 1. The lowest BCUT2D eigenvalue weighted by atomic mass is 10.1. The second-order valence-electron chi connectivity index (χ2n) is 5.16. The molecule has 0 aliphatic heterocycles. The Morgan fingerprint density at radius 1 is 1.20 bits per heavy atom. The number of thiazole rings is 1. The molecular formula is C17H13ClN4O2S. The Hall–Kier alpha value is -2.77. The molecule has 0 saturated heterocycles. The molecule has 1 heterocycles. The van der Waals surface area contributed by atoms with E-state index in [0.717, 1.165) is 22.5 Å². The summed E-state index contributed by atoms with van der Waals surface area (Å²) in [5, 5.41) is 18.2. The minimum absolute atomic E-state index is 0.0560. The normalized spacial score (nSPS) is 11.4. The number of nitrogens with zero attached hydrogens (tertiary/aromatic N) is 3. The molecule has 1 aromatic heterocycles. The standard InChI is InChI=1S/C17H13ClN4O2S/c1-11(12-2-6-14(18)7-3-12)20-21-17-19-16(10-25-17)13-4-8-15(9-5-13)22(23)24/h2-10H,1H3,(H,19,21)/b20-11-. The zero-order chi connectivity index (χ0) is 17.8. The third-order valence-corrected chi connectivity index (χ3v) is 4.46. The van der Waals surface area contributed by atoms with Crippen LogP contribution in [0.1, 0.15) is 12.5 Å². The van der Waals surface area contributed by atoms with Gasteiger partial charge in [-0.1, -0.05) is 23.7 Å². The van der Waals surface area contributed by atoms with Gasteiger partial charge in [-0.3, -0.25) is 15.5 Å². The first-order valence-corrected chi connectivity index (χ1v) is 8.55. The Morgan fingerprint density at radius 2 is 1.88 bits per heavy atom. The fourth-order valence-corrected chi connectivity index (χ4v) is 2.89. The monoisotopic (exact) mass is 372 g/mol.